The Morgan fingerprint density at radius 2 is 2.25 bits per heavy atom. The first kappa shape index (κ1) is 16.3. The Balaban J connectivity index is 2.40. The molecule has 1 aromatic heterocycles. The molecule has 0 aliphatic heterocycles. The van der Waals surface area contributed by atoms with Gasteiger partial charge in [-0.1, -0.05) is 11.8 Å². The Morgan fingerprint density at radius 1 is 1.55 bits per heavy atom. The van der Waals surface area contributed by atoms with Crippen molar-refractivity contribution >= 4 is 27.8 Å². The minimum atomic E-state index is -0.494. The second kappa shape index (κ2) is 7.15. The van der Waals surface area contributed by atoms with Gasteiger partial charge in [0.1, 0.15) is 11.4 Å². The SMILES string of the molecule is CC(C)(C)OC(=O)NCCC#Cc1cc(Br)cnc1N. The number of nitrogens with two attached hydrogens (primary N) is 1. The molecule has 0 unspecified atom stereocenters. The third-order valence-electron chi connectivity index (χ3n) is 2.03. The molecule has 20 heavy (non-hydrogen) atoms. The van der Waals surface area contributed by atoms with E-state index in [1.165, 1.54) is 0 Å². The summed E-state index contributed by atoms with van der Waals surface area (Å²) in [6.45, 7) is 5.86. The van der Waals surface area contributed by atoms with Gasteiger partial charge in [-0.05, 0) is 42.8 Å². The van der Waals surface area contributed by atoms with Crippen molar-refractivity contribution in [3.8, 4) is 11.8 Å². The Hall–Kier alpha value is -1.74. The quantitative estimate of drug-likeness (QED) is 0.641. The largest absolute Gasteiger partial charge is 0.444 e. The fraction of sp³-hybridized carbons (Fsp3) is 0.429. The number of amides is 1. The summed E-state index contributed by atoms with van der Waals surface area (Å²) in [4.78, 5) is 15.4. The van der Waals surface area contributed by atoms with Gasteiger partial charge < -0.3 is 15.8 Å². The lowest BCUT2D eigenvalue weighted by molar-refractivity contribution is 0.0529. The molecule has 1 amide bonds. The highest BCUT2D eigenvalue weighted by molar-refractivity contribution is 9.10. The zero-order valence-corrected chi connectivity index (χ0v) is 13.4. The van der Waals surface area contributed by atoms with Gasteiger partial charge >= 0.3 is 6.09 Å². The number of alkyl carbamates (subject to hydrolysis) is 1. The first-order valence-corrected chi connectivity index (χ1v) is 6.94. The summed E-state index contributed by atoms with van der Waals surface area (Å²) in [5.41, 5.74) is 5.87. The van der Waals surface area contributed by atoms with Gasteiger partial charge in [-0.2, -0.15) is 0 Å². The fourth-order valence-electron chi connectivity index (χ4n) is 1.25. The van der Waals surface area contributed by atoms with Crippen molar-refractivity contribution in [2.24, 2.45) is 0 Å². The van der Waals surface area contributed by atoms with E-state index in [2.05, 4.69) is 38.1 Å². The van der Waals surface area contributed by atoms with Crippen LogP contribution in [-0.4, -0.2) is 23.2 Å². The van der Waals surface area contributed by atoms with Gasteiger partial charge in [0, 0.05) is 23.6 Å². The predicted octanol–water partition coefficient (Wildman–Crippen LogP) is 2.69. The van der Waals surface area contributed by atoms with E-state index in [0.29, 0.717) is 24.3 Å². The number of carbonyl (C=O) groups excluding carboxylic acids is 1. The summed E-state index contributed by atoms with van der Waals surface area (Å²) in [7, 11) is 0. The standard InChI is InChI=1S/C14H18BrN3O2/c1-14(2,3)20-13(19)17-7-5-4-6-10-8-11(15)9-18-12(10)16/h8-9H,5,7H2,1-3H3,(H2,16,18)(H,17,19). The monoisotopic (exact) mass is 339 g/mol. The highest BCUT2D eigenvalue weighted by atomic mass is 79.9. The van der Waals surface area contributed by atoms with E-state index >= 15 is 0 Å². The highest BCUT2D eigenvalue weighted by Gasteiger charge is 2.15. The molecule has 1 aromatic rings. The van der Waals surface area contributed by atoms with E-state index in [1.807, 2.05) is 20.8 Å². The molecule has 3 N–H and O–H groups in total. The van der Waals surface area contributed by atoms with Gasteiger partial charge in [-0.15, -0.1) is 0 Å². The lowest BCUT2D eigenvalue weighted by Crippen LogP contribution is -2.32. The normalized spacial score (nSPS) is 10.4. The molecule has 0 aliphatic carbocycles. The van der Waals surface area contributed by atoms with Gasteiger partial charge in [0.25, 0.3) is 0 Å². The maximum absolute atomic E-state index is 11.4. The van der Waals surface area contributed by atoms with Crippen molar-refractivity contribution in [3.63, 3.8) is 0 Å². The van der Waals surface area contributed by atoms with Crippen LogP contribution in [0.5, 0.6) is 0 Å². The zero-order valence-electron chi connectivity index (χ0n) is 11.8. The Bertz CT molecular complexity index is 542. The zero-order chi connectivity index (χ0) is 15.2. The van der Waals surface area contributed by atoms with E-state index < -0.39 is 11.7 Å². The van der Waals surface area contributed by atoms with Crippen molar-refractivity contribution in [2.75, 3.05) is 12.3 Å². The lowest BCUT2D eigenvalue weighted by atomic mass is 10.2. The van der Waals surface area contributed by atoms with Crippen LogP contribution in [0.4, 0.5) is 10.6 Å². The van der Waals surface area contributed by atoms with Gasteiger partial charge in [0.2, 0.25) is 0 Å². The molecular weight excluding hydrogens is 322 g/mol. The van der Waals surface area contributed by atoms with Gasteiger partial charge in [0.05, 0.1) is 5.56 Å². The Labute approximate surface area is 127 Å². The third kappa shape index (κ3) is 6.43. The summed E-state index contributed by atoms with van der Waals surface area (Å²) in [6.07, 6.45) is 1.68. The van der Waals surface area contributed by atoms with Crippen molar-refractivity contribution in [2.45, 2.75) is 32.8 Å². The van der Waals surface area contributed by atoms with Crippen LogP contribution in [0.1, 0.15) is 32.8 Å². The van der Waals surface area contributed by atoms with Gasteiger partial charge in [-0.25, -0.2) is 9.78 Å². The van der Waals surface area contributed by atoms with Crippen molar-refractivity contribution in [1.82, 2.24) is 10.3 Å². The average Bonchev–Trinajstić information content (AvgIpc) is 2.30. The molecule has 0 aromatic carbocycles. The molecule has 0 fully saturated rings. The molecule has 5 nitrogen and oxygen atoms in total. The molecule has 108 valence electrons. The number of ether oxygens (including phenoxy) is 1. The maximum Gasteiger partial charge on any atom is 0.407 e. The Kier molecular flexibility index (Phi) is 5.83. The molecule has 0 aliphatic rings. The first-order valence-electron chi connectivity index (χ1n) is 6.14. The van der Waals surface area contributed by atoms with E-state index in [0.717, 1.165) is 4.47 Å². The van der Waals surface area contributed by atoms with E-state index in [1.54, 1.807) is 12.3 Å². The maximum atomic E-state index is 11.4. The topological polar surface area (TPSA) is 77.2 Å². The molecular formula is C14H18BrN3O2. The first-order chi connectivity index (χ1) is 9.28. The number of hydrogen-bond donors (Lipinski definition) is 2. The average molecular weight is 340 g/mol. The third-order valence-corrected chi connectivity index (χ3v) is 2.46. The molecule has 0 atom stereocenters. The summed E-state index contributed by atoms with van der Waals surface area (Å²) in [6, 6.07) is 1.80. The van der Waals surface area contributed by atoms with Crippen LogP contribution in [0.25, 0.3) is 0 Å². The van der Waals surface area contributed by atoms with E-state index in [4.69, 9.17) is 10.5 Å². The van der Waals surface area contributed by atoms with E-state index in [9.17, 15) is 4.79 Å². The number of hydrogen-bond acceptors (Lipinski definition) is 4. The number of rotatable bonds is 2. The van der Waals surface area contributed by atoms with Crippen LogP contribution >= 0.6 is 15.9 Å². The summed E-state index contributed by atoms with van der Waals surface area (Å²) >= 11 is 3.31. The molecule has 1 rings (SSSR count). The smallest absolute Gasteiger partial charge is 0.407 e. The predicted molar refractivity (Wildman–Crippen MR) is 82.1 cm³/mol. The molecule has 0 saturated heterocycles. The molecule has 1 heterocycles. The molecule has 6 heteroatoms. The summed E-state index contributed by atoms with van der Waals surface area (Å²) < 4.78 is 5.93. The molecule has 0 bridgehead atoms. The Morgan fingerprint density at radius 3 is 2.90 bits per heavy atom. The summed E-state index contributed by atoms with van der Waals surface area (Å²) in [5.74, 6) is 6.23. The summed E-state index contributed by atoms with van der Waals surface area (Å²) in [5, 5.41) is 2.63. The number of nitrogens with zero attached hydrogens (tertiary/aromatic N) is 1. The van der Waals surface area contributed by atoms with Crippen molar-refractivity contribution in [1.29, 1.82) is 0 Å². The number of halogens is 1. The number of nitrogens with one attached hydrogen (secondary N) is 1. The van der Waals surface area contributed by atoms with Crippen LogP contribution < -0.4 is 11.1 Å². The number of nitrogen functional groups attached to an aromatic ring is 1. The molecule has 0 saturated carbocycles. The van der Waals surface area contributed by atoms with Gasteiger partial charge in [0.15, 0.2) is 0 Å². The second-order valence-corrected chi connectivity index (χ2v) is 5.98. The number of pyridine rings is 1. The van der Waals surface area contributed by atoms with Crippen molar-refractivity contribution < 1.29 is 9.53 Å². The molecule has 0 spiro atoms. The van der Waals surface area contributed by atoms with Crippen molar-refractivity contribution in [3.05, 3.63) is 22.3 Å². The highest BCUT2D eigenvalue weighted by Crippen LogP contribution is 2.14. The minimum absolute atomic E-state index is 0.390. The molecule has 0 radical (unpaired) electrons. The van der Waals surface area contributed by atoms with Crippen LogP contribution in [0.2, 0.25) is 0 Å². The second-order valence-electron chi connectivity index (χ2n) is 5.07. The van der Waals surface area contributed by atoms with Crippen LogP contribution in [0, 0.1) is 11.8 Å². The number of aromatic nitrogens is 1. The number of carbonyl (C=O) groups is 1. The van der Waals surface area contributed by atoms with Crippen LogP contribution in [0.15, 0.2) is 16.7 Å². The van der Waals surface area contributed by atoms with Gasteiger partial charge in [-0.3, -0.25) is 0 Å². The lowest BCUT2D eigenvalue weighted by Gasteiger charge is -2.19. The minimum Gasteiger partial charge on any atom is -0.444 e. The fourth-order valence-corrected chi connectivity index (χ4v) is 1.58. The van der Waals surface area contributed by atoms with Crippen LogP contribution in [0.3, 0.4) is 0 Å². The number of anilines is 1. The van der Waals surface area contributed by atoms with Crippen LogP contribution in [-0.2, 0) is 4.74 Å². The van der Waals surface area contributed by atoms with E-state index in [-0.39, 0.29) is 0 Å².